The minimum absolute atomic E-state index is 0.167. The van der Waals surface area contributed by atoms with E-state index < -0.39 is 0 Å². The van der Waals surface area contributed by atoms with Crippen LogP contribution in [0.3, 0.4) is 0 Å². The van der Waals surface area contributed by atoms with E-state index >= 15 is 0 Å². The summed E-state index contributed by atoms with van der Waals surface area (Å²) in [5.74, 6) is 1.26. The minimum Gasteiger partial charge on any atom is -0.496 e. The molecule has 166 valence electrons. The number of nitrogens with one attached hydrogen (secondary N) is 1. The monoisotopic (exact) mass is 437 g/mol. The largest absolute Gasteiger partial charge is 0.496 e. The Hall–Kier alpha value is -4.05. The van der Waals surface area contributed by atoms with Crippen LogP contribution in [0.25, 0.3) is 11.1 Å². The Morgan fingerprint density at radius 2 is 1.55 bits per heavy atom. The Morgan fingerprint density at radius 3 is 2.27 bits per heavy atom. The fraction of sp³-hybridized carbons (Fsp3) is 0.138. The van der Waals surface area contributed by atoms with Crippen LogP contribution in [0, 0.1) is 13.8 Å². The lowest BCUT2D eigenvalue weighted by atomic mass is 10.1. The van der Waals surface area contributed by atoms with E-state index in [0.29, 0.717) is 17.9 Å². The van der Waals surface area contributed by atoms with Gasteiger partial charge in [-0.3, -0.25) is 4.79 Å². The highest BCUT2D eigenvalue weighted by Gasteiger charge is 2.13. The van der Waals surface area contributed by atoms with E-state index in [1.54, 1.807) is 19.2 Å². The molecule has 1 N–H and O–H groups in total. The Kier molecular flexibility index (Phi) is 6.75. The third kappa shape index (κ3) is 5.24. The first-order valence-electron chi connectivity index (χ1n) is 10.9. The Morgan fingerprint density at radius 1 is 0.818 bits per heavy atom. The van der Waals surface area contributed by atoms with E-state index in [4.69, 9.17) is 9.47 Å². The molecule has 0 bridgehead atoms. The number of carbonyl (C=O) groups excluding carboxylic acids is 1. The molecule has 0 saturated carbocycles. The SMILES string of the molecule is COc1ccc(C(=O)Nc2cccc(C)c2C)cc1COc1ccc(-c2ccccc2)cc1. The van der Waals surface area contributed by atoms with E-state index in [1.807, 2.05) is 80.6 Å². The van der Waals surface area contributed by atoms with Crippen LogP contribution in [0.1, 0.15) is 27.0 Å². The van der Waals surface area contributed by atoms with E-state index in [1.165, 1.54) is 0 Å². The van der Waals surface area contributed by atoms with Crippen LogP contribution in [0.15, 0.2) is 91.0 Å². The summed E-state index contributed by atoms with van der Waals surface area (Å²) in [6, 6.07) is 29.4. The van der Waals surface area contributed by atoms with Crippen molar-refractivity contribution in [3.63, 3.8) is 0 Å². The number of ether oxygens (including phenoxy) is 2. The van der Waals surface area contributed by atoms with Crippen molar-refractivity contribution in [2.75, 3.05) is 12.4 Å². The van der Waals surface area contributed by atoms with Gasteiger partial charge in [-0.15, -0.1) is 0 Å². The molecule has 4 aromatic rings. The summed E-state index contributed by atoms with van der Waals surface area (Å²) in [6.45, 7) is 4.32. The van der Waals surface area contributed by atoms with Gasteiger partial charge in [-0.1, -0.05) is 54.6 Å². The highest BCUT2D eigenvalue weighted by molar-refractivity contribution is 6.05. The Labute approximate surface area is 194 Å². The number of hydrogen-bond acceptors (Lipinski definition) is 3. The van der Waals surface area contributed by atoms with Crippen molar-refractivity contribution in [1.82, 2.24) is 0 Å². The van der Waals surface area contributed by atoms with Crippen molar-refractivity contribution < 1.29 is 14.3 Å². The molecule has 0 aliphatic carbocycles. The zero-order valence-electron chi connectivity index (χ0n) is 19.1. The van der Waals surface area contributed by atoms with E-state index in [2.05, 4.69) is 17.4 Å². The molecule has 0 aliphatic heterocycles. The van der Waals surface area contributed by atoms with E-state index in [9.17, 15) is 4.79 Å². The first-order chi connectivity index (χ1) is 16.0. The van der Waals surface area contributed by atoms with E-state index in [-0.39, 0.29) is 5.91 Å². The van der Waals surface area contributed by atoms with Crippen LogP contribution in [-0.4, -0.2) is 13.0 Å². The predicted octanol–water partition coefficient (Wildman–Crippen LogP) is 6.81. The molecule has 0 saturated heterocycles. The second-order valence-corrected chi connectivity index (χ2v) is 7.91. The smallest absolute Gasteiger partial charge is 0.255 e. The second-order valence-electron chi connectivity index (χ2n) is 7.91. The van der Waals surface area contributed by atoms with Gasteiger partial charge >= 0.3 is 0 Å². The molecule has 0 radical (unpaired) electrons. The molecule has 1 amide bonds. The highest BCUT2D eigenvalue weighted by Crippen LogP contribution is 2.26. The molecule has 4 heteroatoms. The molecule has 4 aromatic carbocycles. The number of anilines is 1. The molecule has 0 unspecified atom stereocenters. The van der Waals surface area contributed by atoms with Gasteiger partial charge in [0, 0.05) is 16.8 Å². The van der Waals surface area contributed by atoms with Gasteiger partial charge in [0.05, 0.1) is 7.11 Å². The van der Waals surface area contributed by atoms with Crippen molar-refractivity contribution in [1.29, 1.82) is 0 Å². The average molecular weight is 438 g/mol. The molecule has 33 heavy (non-hydrogen) atoms. The fourth-order valence-electron chi connectivity index (χ4n) is 3.65. The zero-order valence-corrected chi connectivity index (χ0v) is 19.1. The van der Waals surface area contributed by atoms with Crippen molar-refractivity contribution >= 4 is 11.6 Å². The number of hydrogen-bond donors (Lipinski definition) is 1. The maximum absolute atomic E-state index is 12.9. The van der Waals surface area contributed by atoms with Crippen LogP contribution in [0.4, 0.5) is 5.69 Å². The predicted molar refractivity (Wildman–Crippen MR) is 133 cm³/mol. The molecule has 4 nitrogen and oxygen atoms in total. The summed E-state index contributed by atoms with van der Waals surface area (Å²) < 4.78 is 11.5. The zero-order chi connectivity index (χ0) is 23.2. The molecule has 0 fully saturated rings. The van der Waals surface area contributed by atoms with Gasteiger partial charge in [0.15, 0.2) is 0 Å². The number of carbonyl (C=O) groups is 1. The number of aryl methyl sites for hydroxylation is 1. The van der Waals surface area contributed by atoms with Crippen LogP contribution >= 0.6 is 0 Å². The lowest BCUT2D eigenvalue weighted by Crippen LogP contribution is -2.14. The molecular weight excluding hydrogens is 410 g/mol. The molecule has 0 heterocycles. The van der Waals surface area contributed by atoms with Crippen LogP contribution < -0.4 is 14.8 Å². The second kappa shape index (κ2) is 10.0. The van der Waals surface area contributed by atoms with Gasteiger partial charge in [0.25, 0.3) is 5.91 Å². The van der Waals surface area contributed by atoms with Crippen molar-refractivity contribution in [2.24, 2.45) is 0 Å². The summed E-state index contributed by atoms with van der Waals surface area (Å²) in [5, 5.41) is 3.01. The first-order valence-corrected chi connectivity index (χ1v) is 10.9. The number of methoxy groups -OCH3 is 1. The van der Waals surface area contributed by atoms with Crippen LogP contribution in [-0.2, 0) is 6.61 Å². The lowest BCUT2D eigenvalue weighted by molar-refractivity contribution is 0.102. The van der Waals surface area contributed by atoms with Crippen LogP contribution in [0.2, 0.25) is 0 Å². The molecule has 0 spiro atoms. The third-order valence-electron chi connectivity index (χ3n) is 5.75. The third-order valence-corrected chi connectivity index (χ3v) is 5.75. The molecule has 4 rings (SSSR count). The summed E-state index contributed by atoms with van der Waals surface area (Å²) in [4.78, 5) is 12.9. The van der Waals surface area contributed by atoms with Gasteiger partial charge in [0.2, 0.25) is 0 Å². The van der Waals surface area contributed by atoms with Gasteiger partial charge < -0.3 is 14.8 Å². The molecule has 0 aromatic heterocycles. The normalized spacial score (nSPS) is 10.5. The highest BCUT2D eigenvalue weighted by atomic mass is 16.5. The fourth-order valence-corrected chi connectivity index (χ4v) is 3.65. The van der Waals surface area contributed by atoms with E-state index in [0.717, 1.165) is 39.3 Å². The van der Waals surface area contributed by atoms with Gasteiger partial charge in [-0.05, 0) is 72.5 Å². The summed E-state index contributed by atoms with van der Waals surface area (Å²) in [6.07, 6.45) is 0. The summed E-state index contributed by atoms with van der Waals surface area (Å²) in [5.41, 5.74) is 6.65. The summed E-state index contributed by atoms with van der Waals surface area (Å²) in [7, 11) is 1.61. The van der Waals surface area contributed by atoms with Crippen molar-refractivity contribution in [2.45, 2.75) is 20.5 Å². The van der Waals surface area contributed by atoms with Gasteiger partial charge in [-0.2, -0.15) is 0 Å². The lowest BCUT2D eigenvalue weighted by Gasteiger charge is -2.14. The first kappa shape index (κ1) is 22.2. The maximum atomic E-state index is 12.9. The molecule has 0 atom stereocenters. The number of rotatable bonds is 7. The van der Waals surface area contributed by atoms with Crippen LogP contribution in [0.5, 0.6) is 11.5 Å². The minimum atomic E-state index is -0.167. The number of amides is 1. The maximum Gasteiger partial charge on any atom is 0.255 e. The topological polar surface area (TPSA) is 47.6 Å². The van der Waals surface area contributed by atoms with Gasteiger partial charge in [-0.25, -0.2) is 0 Å². The average Bonchev–Trinajstić information content (AvgIpc) is 2.86. The van der Waals surface area contributed by atoms with Crippen molar-refractivity contribution in [3.05, 3.63) is 113 Å². The Balaban J connectivity index is 1.48. The van der Waals surface area contributed by atoms with Crippen molar-refractivity contribution in [3.8, 4) is 22.6 Å². The standard InChI is InChI=1S/C29H27NO3/c1-20-8-7-11-27(21(20)2)30-29(31)24-14-17-28(32-3)25(18-24)19-33-26-15-12-23(13-16-26)22-9-5-4-6-10-22/h4-18H,19H2,1-3H3,(H,30,31). The number of benzene rings is 4. The Bertz CT molecular complexity index is 1250. The quantitative estimate of drug-likeness (QED) is 0.345. The molecule has 0 aliphatic rings. The molecular formula is C29H27NO3. The summed E-state index contributed by atoms with van der Waals surface area (Å²) >= 11 is 0. The van der Waals surface area contributed by atoms with Gasteiger partial charge in [0.1, 0.15) is 18.1 Å².